The summed E-state index contributed by atoms with van der Waals surface area (Å²) in [6.45, 7) is 3.53. The standard InChI is InChI=1S/C13H15Br2NO2/c1-8-7-18-5-4-12(8)16-13(17)10-6-9(14)2-3-11(10)15/h2-3,6,8,12H,4-5,7H2,1H3,(H,16,17). The summed E-state index contributed by atoms with van der Waals surface area (Å²) in [6, 6.07) is 5.78. The largest absolute Gasteiger partial charge is 0.381 e. The molecule has 0 aromatic heterocycles. The minimum Gasteiger partial charge on any atom is -0.381 e. The molecule has 1 aromatic rings. The van der Waals surface area contributed by atoms with Crippen molar-refractivity contribution in [3.8, 4) is 0 Å². The topological polar surface area (TPSA) is 38.3 Å². The second kappa shape index (κ2) is 6.17. The van der Waals surface area contributed by atoms with Crippen molar-refractivity contribution >= 4 is 37.8 Å². The summed E-state index contributed by atoms with van der Waals surface area (Å²) in [5.41, 5.74) is 0.656. The highest BCUT2D eigenvalue weighted by Crippen LogP contribution is 2.22. The number of amides is 1. The molecule has 0 radical (unpaired) electrons. The molecule has 1 amide bonds. The van der Waals surface area contributed by atoms with Crippen molar-refractivity contribution in [1.82, 2.24) is 5.32 Å². The molecule has 0 saturated carbocycles. The molecule has 2 rings (SSSR count). The van der Waals surface area contributed by atoms with Crippen LogP contribution in [-0.4, -0.2) is 25.2 Å². The molecule has 18 heavy (non-hydrogen) atoms. The van der Waals surface area contributed by atoms with E-state index in [2.05, 4.69) is 44.1 Å². The quantitative estimate of drug-likeness (QED) is 0.859. The fourth-order valence-corrected chi connectivity index (χ4v) is 2.80. The van der Waals surface area contributed by atoms with Crippen LogP contribution in [-0.2, 0) is 4.74 Å². The SMILES string of the molecule is CC1COCCC1NC(=O)c1cc(Br)ccc1Br. The first kappa shape index (κ1) is 14.0. The Kier molecular flexibility index (Phi) is 4.81. The first-order valence-electron chi connectivity index (χ1n) is 5.91. The van der Waals surface area contributed by atoms with Crippen molar-refractivity contribution in [3.05, 3.63) is 32.7 Å². The van der Waals surface area contributed by atoms with Gasteiger partial charge in [0.2, 0.25) is 0 Å². The maximum absolute atomic E-state index is 12.2. The van der Waals surface area contributed by atoms with E-state index < -0.39 is 0 Å². The van der Waals surface area contributed by atoms with Gasteiger partial charge in [-0.3, -0.25) is 4.79 Å². The maximum Gasteiger partial charge on any atom is 0.252 e. The number of benzene rings is 1. The molecule has 1 aliphatic heterocycles. The van der Waals surface area contributed by atoms with Gasteiger partial charge in [-0.15, -0.1) is 0 Å². The molecular formula is C13H15Br2NO2. The van der Waals surface area contributed by atoms with Gasteiger partial charge in [-0.1, -0.05) is 22.9 Å². The second-order valence-electron chi connectivity index (χ2n) is 4.54. The molecule has 0 bridgehead atoms. The van der Waals surface area contributed by atoms with Gasteiger partial charge in [0, 0.05) is 21.6 Å². The van der Waals surface area contributed by atoms with Crippen LogP contribution in [0.25, 0.3) is 0 Å². The minimum absolute atomic E-state index is 0.0399. The highest BCUT2D eigenvalue weighted by molar-refractivity contribution is 9.11. The Bertz CT molecular complexity index is 451. The average molecular weight is 377 g/mol. The van der Waals surface area contributed by atoms with Crippen LogP contribution in [0.1, 0.15) is 23.7 Å². The Morgan fingerprint density at radius 1 is 1.44 bits per heavy atom. The Labute approximate surface area is 124 Å². The van der Waals surface area contributed by atoms with Crippen LogP contribution >= 0.6 is 31.9 Å². The molecule has 1 heterocycles. The first-order valence-corrected chi connectivity index (χ1v) is 7.50. The second-order valence-corrected chi connectivity index (χ2v) is 6.32. The number of carbonyl (C=O) groups is 1. The van der Waals surface area contributed by atoms with Gasteiger partial charge >= 0.3 is 0 Å². The van der Waals surface area contributed by atoms with E-state index in [0.717, 1.165) is 22.0 Å². The molecule has 3 nitrogen and oxygen atoms in total. The Morgan fingerprint density at radius 2 is 2.22 bits per heavy atom. The molecule has 1 aromatic carbocycles. The molecule has 1 saturated heterocycles. The van der Waals surface area contributed by atoms with Crippen LogP contribution in [0.3, 0.4) is 0 Å². The van der Waals surface area contributed by atoms with Crippen LogP contribution in [0, 0.1) is 5.92 Å². The molecular weight excluding hydrogens is 362 g/mol. The van der Waals surface area contributed by atoms with Crippen LogP contribution in [0.2, 0.25) is 0 Å². The van der Waals surface area contributed by atoms with Crippen molar-refractivity contribution in [2.75, 3.05) is 13.2 Å². The van der Waals surface area contributed by atoms with Crippen LogP contribution in [0.5, 0.6) is 0 Å². The predicted molar refractivity (Wildman–Crippen MR) is 77.7 cm³/mol. The van der Waals surface area contributed by atoms with Gasteiger partial charge in [0.05, 0.1) is 12.2 Å². The number of halogens is 2. The maximum atomic E-state index is 12.2. The summed E-state index contributed by atoms with van der Waals surface area (Å²) in [5.74, 6) is 0.315. The molecule has 2 atom stereocenters. The average Bonchev–Trinajstić information content (AvgIpc) is 2.35. The minimum atomic E-state index is -0.0399. The number of hydrogen-bond acceptors (Lipinski definition) is 2. The number of hydrogen-bond donors (Lipinski definition) is 1. The molecule has 1 N–H and O–H groups in total. The molecule has 1 aliphatic rings. The van der Waals surface area contributed by atoms with Crippen molar-refractivity contribution < 1.29 is 9.53 Å². The fourth-order valence-electron chi connectivity index (χ4n) is 2.01. The van der Waals surface area contributed by atoms with Crippen molar-refractivity contribution in [3.63, 3.8) is 0 Å². The Hall–Kier alpha value is -0.390. The zero-order valence-electron chi connectivity index (χ0n) is 10.1. The number of ether oxygens (including phenoxy) is 1. The van der Waals surface area contributed by atoms with Crippen molar-refractivity contribution in [1.29, 1.82) is 0 Å². The molecule has 0 spiro atoms. The fraction of sp³-hybridized carbons (Fsp3) is 0.462. The third-order valence-electron chi connectivity index (χ3n) is 3.13. The first-order chi connectivity index (χ1) is 8.58. The highest BCUT2D eigenvalue weighted by atomic mass is 79.9. The molecule has 1 fully saturated rings. The summed E-state index contributed by atoms with van der Waals surface area (Å²) in [7, 11) is 0. The lowest BCUT2D eigenvalue weighted by Crippen LogP contribution is -2.44. The van der Waals surface area contributed by atoms with Crippen LogP contribution < -0.4 is 5.32 Å². The lowest BCUT2D eigenvalue weighted by Gasteiger charge is -2.29. The summed E-state index contributed by atoms with van der Waals surface area (Å²) >= 11 is 6.79. The van der Waals surface area contributed by atoms with Gasteiger partial charge in [0.25, 0.3) is 5.91 Å². The summed E-state index contributed by atoms with van der Waals surface area (Å²) in [6.07, 6.45) is 0.874. The van der Waals surface area contributed by atoms with Gasteiger partial charge in [0.15, 0.2) is 0 Å². The summed E-state index contributed by atoms with van der Waals surface area (Å²) in [4.78, 5) is 12.2. The predicted octanol–water partition coefficient (Wildman–Crippen LogP) is 3.37. The zero-order valence-corrected chi connectivity index (χ0v) is 13.3. The number of rotatable bonds is 2. The lowest BCUT2D eigenvalue weighted by molar-refractivity contribution is 0.0375. The van der Waals surface area contributed by atoms with Crippen LogP contribution in [0.4, 0.5) is 0 Å². The van der Waals surface area contributed by atoms with E-state index in [4.69, 9.17) is 4.74 Å². The third-order valence-corrected chi connectivity index (χ3v) is 4.32. The zero-order chi connectivity index (χ0) is 13.1. The van der Waals surface area contributed by atoms with Gasteiger partial charge < -0.3 is 10.1 Å². The van der Waals surface area contributed by atoms with E-state index in [9.17, 15) is 4.79 Å². The normalized spacial score (nSPS) is 23.7. The number of nitrogens with one attached hydrogen (secondary N) is 1. The van der Waals surface area contributed by atoms with E-state index in [1.165, 1.54) is 0 Å². The van der Waals surface area contributed by atoms with Gasteiger partial charge in [-0.2, -0.15) is 0 Å². The van der Waals surface area contributed by atoms with E-state index in [-0.39, 0.29) is 11.9 Å². The third kappa shape index (κ3) is 3.33. The highest BCUT2D eigenvalue weighted by Gasteiger charge is 2.24. The smallest absolute Gasteiger partial charge is 0.252 e. The van der Waals surface area contributed by atoms with Gasteiger partial charge in [0.1, 0.15) is 0 Å². The van der Waals surface area contributed by atoms with Gasteiger partial charge in [-0.25, -0.2) is 0 Å². The number of carbonyl (C=O) groups excluding carboxylic acids is 1. The van der Waals surface area contributed by atoms with Crippen LogP contribution in [0.15, 0.2) is 27.1 Å². The van der Waals surface area contributed by atoms with E-state index in [0.29, 0.717) is 18.1 Å². The van der Waals surface area contributed by atoms with E-state index >= 15 is 0 Å². The summed E-state index contributed by atoms with van der Waals surface area (Å²) < 4.78 is 7.08. The molecule has 98 valence electrons. The lowest BCUT2D eigenvalue weighted by atomic mass is 9.97. The molecule has 2 unspecified atom stereocenters. The molecule has 5 heteroatoms. The Morgan fingerprint density at radius 3 is 2.94 bits per heavy atom. The van der Waals surface area contributed by atoms with E-state index in [1.807, 2.05) is 18.2 Å². The monoisotopic (exact) mass is 375 g/mol. The van der Waals surface area contributed by atoms with E-state index in [1.54, 1.807) is 0 Å². The van der Waals surface area contributed by atoms with Crippen molar-refractivity contribution in [2.24, 2.45) is 5.92 Å². The van der Waals surface area contributed by atoms with Gasteiger partial charge in [-0.05, 0) is 46.5 Å². The Balaban J connectivity index is 2.09. The van der Waals surface area contributed by atoms with Crippen molar-refractivity contribution in [2.45, 2.75) is 19.4 Å². The molecule has 0 aliphatic carbocycles. The summed E-state index contributed by atoms with van der Waals surface area (Å²) in [5, 5.41) is 3.08.